The minimum Gasteiger partial charge on any atom is -1.00 e. The summed E-state index contributed by atoms with van der Waals surface area (Å²) in [7, 11) is 0.672. The van der Waals surface area contributed by atoms with Gasteiger partial charge in [-0.2, -0.15) is 9.13 Å². The monoisotopic (exact) mass is 386 g/mol. The molecule has 0 atom stereocenters. The maximum Gasteiger partial charge on any atom is 0.326 e. The first-order valence-corrected chi connectivity index (χ1v) is 12.4. The van der Waals surface area contributed by atoms with E-state index in [0.29, 0.717) is 13.5 Å². The highest BCUT2D eigenvalue weighted by Crippen LogP contribution is 2.25. The topological polar surface area (TPSA) is 27.3 Å². The van der Waals surface area contributed by atoms with E-state index >= 15 is 0 Å². The number of ether oxygens (including phenoxy) is 2. The zero-order chi connectivity index (χ0) is 16.7. The zero-order valence-electron chi connectivity index (χ0n) is 14.9. The van der Waals surface area contributed by atoms with Gasteiger partial charge in [0.25, 0.3) is 0 Å². The van der Waals surface area contributed by atoms with Crippen LogP contribution in [0, 0.1) is 0 Å². The molecule has 0 aliphatic heterocycles. The lowest BCUT2D eigenvalue weighted by Crippen LogP contribution is -3.00. The Morgan fingerprint density at radius 1 is 1.17 bits per heavy atom. The molecule has 0 saturated heterocycles. The van der Waals surface area contributed by atoms with Gasteiger partial charge in [0.1, 0.15) is 12.4 Å². The molecular formula is C17H27ClN2O2SSi. The van der Waals surface area contributed by atoms with Gasteiger partial charge >= 0.3 is 5.16 Å². The molecule has 2 rings (SSSR count). The minimum absolute atomic E-state index is 0. The number of aromatic nitrogens is 2. The zero-order valence-corrected chi connectivity index (χ0v) is 17.4. The normalized spacial score (nSPS) is 11.3. The van der Waals surface area contributed by atoms with Gasteiger partial charge in [0.05, 0.1) is 0 Å². The van der Waals surface area contributed by atoms with E-state index in [2.05, 4.69) is 59.2 Å². The van der Waals surface area contributed by atoms with Crippen LogP contribution in [0.3, 0.4) is 0 Å². The van der Waals surface area contributed by atoms with Crippen LogP contribution in [-0.4, -0.2) is 26.4 Å². The van der Waals surface area contributed by atoms with Crippen LogP contribution in [-0.2, 0) is 22.9 Å². The molecule has 2 aromatic rings. The third-order valence-electron chi connectivity index (χ3n) is 3.37. The van der Waals surface area contributed by atoms with Gasteiger partial charge in [-0.3, -0.25) is 0 Å². The minimum atomic E-state index is -1.04. The van der Waals surface area contributed by atoms with Gasteiger partial charge in [0.2, 0.25) is 0 Å². The van der Waals surface area contributed by atoms with Crippen LogP contribution < -0.4 is 17.0 Å². The Morgan fingerprint density at radius 3 is 2.50 bits per heavy atom. The summed E-state index contributed by atoms with van der Waals surface area (Å²) in [4.78, 5) is 1.21. The molecule has 0 unspecified atom stereocenters. The maximum atomic E-state index is 5.90. The van der Waals surface area contributed by atoms with Crippen molar-refractivity contribution in [1.82, 2.24) is 4.57 Å². The van der Waals surface area contributed by atoms with E-state index in [9.17, 15) is 0 Å². The van der Waals surface area contributed by atoms with Crippen molar-refractivity contribution in [2.75, 3.05) is 13.7 Å². The number of hydrogen-bond donors (Lipinski definition) is 0. The number of imidazole rings is 1. The molecule has 0 radical (unpaired) electrons. The average molecular weight is 387 g/mol. The number of hydrogen-bond acceptors (Lipinski definition) is 3. The quantitative estimate of drug-likeness (QED) is 0.363. The van der Waals surface area contributed by atoms with Crippen LogP contribution in [0.4, 0.5) is 0 Å². The van der Waals surface area contributed by atoms with Crippen molar-refractivity contribution >= 4 is 19.8 Å². The highest BCUT2D eigenvalue weighted by Gasteiger charge is 2.19. The Bertz CT molecular complexity index is 602. The van der Waals surface area contributed by atoms with Gasteiger partial charge in [-0.25, -0.2) is 0 Å². The molecule has 4 nitrogen and oxygen atoms in total. The largest absolute Gasteiger partial charge is 1.00 e. The van der Waals surface area contributed by atoms with E-state index in [1.165, 1.54) is 10.9 Å². The predicted molar refractivity (Wildman–Crippen MR) is 96.3 cm³/mol. The molecule has 1 aromatic heterocycles. The molecular weight excluding hydrogens is 360 g/mol. The lowest BCUT2D eigenvalue weighted by Gasteiger charge is -2.14. The lowest BCUT2D eigenvalue weighted by atomic mass is 10.4. The standard InChI is InChI=1S/C17H27N2O2SSi.ClH/c1-20-14-18-10-11-19(15-21-12-13-23(2,3)4)17(18)22-16-8-6-5-7-9-16;/h5-11H,12-15H2,1-4H3;1H/q+1;/p-1. The third kappa shape index (κ3) is 6.99. The Labute approximate surface area is 156 Å². The first-order valence-electron chi connectivity index (χ1n) is 7.88. The van der Waals surface area contributed by atoms with Gasteiger partial charge in [-0.05, 0) is 29.9 Å². The number of methoxy groups -OCH3 is 1. The summed E-state index contributed by atoms with van der Waals surface area (Å²) in [5, 5.41) is 1.12. The summed E-state index contributed by atoms with van der Waals surface area (Å²) >= 11 is 1.73. The van der Waals surface area contributed by atoms with Crippen molar-refractivity contribution < 1.29 is 26.4 Å². The summed E-state index contributed by atoms with van der Waals surface area (Å²) in [5.41, 5.74) is 0. The van der Waals surface area contributed by atoms with E-state index in [0.717, 1.165) is 11.8 Å². The van der Waals surface area contributed by atoms with Gasteiger partial charge in [-0.15, -0.1) is 0 Å². The summed E-state index contributed by atoms with van der Waals surface area (Å²) < 4.78 is 15.4. The fourth-order valence-corrected chi connectivity index (χ4v) is 3.76. The smallest absolute Gasteiger partial charge is 0.326 e. The fraction of sp³-hybridized carbons (Fsp3) is 0.471. The Hall–Kier alpha value is -0.793. The van der Waals surface area contributed by atoms with Crippen molar-refractivity contribution in [1.29, 1.82) is 0 Å². The number of rotatable bonds is 9. The number of benzene rings is 1. The molecule has 0 aliphatic carbocycles. The molecule has 0 N–H and O–H groups in total. The highest BCUT2D eigenvalue weighted by molar-refractivity contribution is 7.99. The highest BCUT2D eigenvalue weighted by atomic mass is 35.5. The van der Waals surface area contributed by atoms with Crippen LogP contribution in [0.2, 0.25) is 25.7 Å². The van der Waals surface area contributed by atoms with Crippen LogP contribution in [0.15, 0.2) is 52.8 Å². The van der Waals surface area contributed by atoms with Crippen molar-refractivity contribution in [3.05, 3.63) is 42.7 Å². The molecule has 0 amide bonds. The second kappa shape index (κ2) is 10.3. The summed E-state index contributed by atoms with van der Waals surface area (Å²) in [6, 6.07) is 11.6. The Kier molecular flexibility index (Phi) is 9.08. The molecule has 0 saturated carbocycles. The summed E-state index contributed by atoms with van der Waals surface area (Å²) in [6.45, 7) is 9.06. The van der Waals surface area contributed by atoms with Crippen LogP contribution in [0.25, 0.3) is 0 Å². The Morgan fingerprint density at radius 2 is 1.88 bits per heavy atom. The molecule has 0 fully saturated rings. The number of halogens is 1. The van der Waals surface area contributed by atoms with Crippen molar-refractivity contribution in [3.63, 3.8) is 0 Å². The van der Waals surface area contributed by atoms with Crippen molar-refractivity contribution in [2.45, 2.75) is 49.2 Å². The summed E-state index contributed by atoms with van der Waals surface area (Å²) in [5.74, 6) is 0. The molecule has 134 valence electrons. The summed E-state index contributed by atoms with van der Waals surface area (Å²) in [6.07, 6.45) is 4.09. The molecule has 0 spiro atoms. The SMILES string of the molecule is COC[n+]1ccn(COCC[Si](C)(C)C)c1Sc1ccccc1.[Cl-]. The van der Waals surface area contributed by atoms with Crippen molar-refractivity contribution in [3.8, 4) is 0 Å². The third-order valence-corrected chi connectivity index (χ3v) is 6.23. The molecule has 1 heterocycles. The maximum absolute atomic E-state index is 5.90. The van der Waals surface area contributed by atoms with Gasteiger partial charge < -0.3 is 21.9 Å². The first-order chi connectivity index (χ1) is 11.0. The van der Waals surface area contributed by atoms with E-state index < -0.39 is 8.07 Å². The van der Waals surface area contributed by atoms with Crippen LogP contribution in [0.5, 0.6) is 0 Å². The van der Waals surface area contributed by atoms with Gasteiger partial charge in [0.15, 0.2) is 13.5 Å². The van der Waals surface area contributed by atoms with Crippen LogP contribution in [0.1, 0.15) is 0 Å². The molecule has 1 aromatic carbocycles. The fourth-order valence-electron chi connectivity index (χ4n) is 2.04. The predicted octanol–water partition coefficient (Wildman–Crippen LogP) is 0.847. The molecule has 24 heavy (non-hydrogen) atoms. The second-order valence-electron chi connectivity index (χ2n) is 6.70. The lowest BCUT2D eigenvalue weighted by molar-refractivity contribution is -0.764. The molecule has 7 heteroatoms. The molecule has 0 bridgehead atoms. The van der Waals surface area contributed by atoms with E-state index in [1.54, 1.807) is 18.9 Å². The second-order valence-corrected chi connectivity index (χ2v) is 13.4. The average Bonchev–Trinajstić information content (AvgIpc) is 2.87. The number of nitrogens with zero attached hydrogens (tertiary/aromatic N) is 2. The van der Waals surface area contributed by atoms with E-state index in [-0.39, 0.29) is 12.4 Å². The Balaban J connectivity index is 0.00000288. The van der Waals surface area contributed by atoms with Crippen LogP contribution >= 0.6 is 11.8 Å². The van der Waals surface area contributed by atoms with Gasteiger partial charge in [-0.1, -0.05) is 37.8 Å². The first kappa shape index (κ1) is 21.2. The molecule has 0 aliphatic rings. The van der Waals surface area contributed by atoms with E-state index in [4.69, 9.17) is 9.47 Å². The van der Waals surface area contributed by atoms with E-state index in [1.807, 2.05) is 12.3 Å². The van der Waals surface area contributed by atoms with Gasteiger partial charge in [0, 0.05) is 26.7 Å². The van der Waals surface area contributed by atoms with Crippen molar-refractivity contribution in [2.24, 2.45) is 0 Å².